The van der Waals surface area contributed by atoms with Crippen molar-refractivity contribution in [2.45, 2.75) is 13.1 Å². The van der Waals surface area contributed by atoms with Gasteiger partial charge in [-0.05, 0) is 18.2 Å². The van der Waals surface area contributed by atoms with E-state index in [1.165, 1.54) is 10.5 Å². The van der Waals surface area contributed by atoms with Crippen molar-refractivity contribution in [3.05, 3.63) is 70.5 Å². The molecule has 0 unspecified atom stereocenters. The predicted molar refractivity (Wildman–Crippen MR) is 86.7 cm³/mol. The van der Waals surface area contributed by atoms with Gasteiger partial charge in [-0.2, -0.15) is 0 Å². The fourth-order valence-corrected chi connectivity index (χ4v) is 3.24. The highest BCUT2D eigenvalue weighted by atomic mass is 35.5. The fourth-order valence-electron chi connectivity index (χ4n) is 3.11. The minimum Gasteiger partial charge on any atom is -0.322 e. The molecule has 3 rings (SSSR count). The molecule has 0 atom stereocenters. The van der Waals surface area contributed by atoms with Gasteiger partial charge in [-0.25, -0.2) is 4.39 Å². The molecular formula is C18H22ClFN2+2. The molecule has 116 valence electrons. The van der Waals surface area contributed by atoms with Crippen LogP contribution in [0.5, 0.6) is 0 Å². The van der Waals surface area contributed by atoms with Gasteiger partial charge in [0.25, 0.3) is 0 Å². The van der Waals surface area contributed by atoms with E-state index in [9.17, 15) is 4.39 Å². The Balaban J connectivity index is 1.50. The van der Waals surface area contributed by atoms with Gasteiger partial charge >= 0.3 is 0 Å². The first-order valence-corrected chi connectivity index (χ1v) is 8.23. The Bertz CT molecular complexity index is 607. The van der Waals surface area contributed by atoms with Crippen molar-refractivity contribution in [3.8, 4) is 0 Å². The molecule has 0 amide bonds. The highest BCUT2D eigenvalue weighted by Crippen LogP contribution is 2.08. The van der Waals surface area contributed by atoms with Crippen molar-refractivity contribution in [2.75, 3.05) is 26.2 Å². The summed E-state index contributed by atoms with van der Waals surface area (Å²) in [5, 5.41) is 0.790. The molecular weight excluding hydrogens is 299 g/mol. The quantitative estimate of drug-likeness (QED) is 0.830. The van der Waals surface area contributed by atoms with Gasteiger partial charge < -0.3 is 9.80 Å². The van der Waals surface area contributed by atoms with Crippen LogP contribution in [0.3, 0.4) is 0 Å². The molecule has 0 bridgehead atoms. The van der Waals surface area contributed by atoms with E-state index in [2.05, 4.69) is 12.1 Å². The molecule has 4 heteroatoms. The second kappa shape index (κ2) is 7.23. The van der Waals surface area contributed by atoms with E-state index >= 15 is 0 Å². The van der Waals surface area contributed by atoms with Crippen LogP contribution in [-0.2, 0) is 13.1 Å². The molecule has 1 aliphatic rings. The lowest BCUT2D eigenvalue weighted by atomic mass is 10.1. The summed E-state index contributed by atoms with van der Waals surface area (Å²) in [4.78, 5) is 3.07. The van der Waals surface area contributed by atoms with Crippen LogP contribution >= 0.6 is 11.6 Å². The molecule has 2 N–H and O–H groups in total. The molecule has 0 radical (unpaired) electrons. The standard InChI is InChI=1S/C18H20ClFN2/c19-17-7-5-15(6-8-17)13-21-9-11-22(12-10-21)14-16-3-1-2-4-18(16)20/h1-8H,9-14H2/p+2. The molecule has 1 saturated heterocycles. The van der Waals surface area contributed by atoms with E-state index in [1.54, 1.807) is 17.0 Å². The third kappa shape index (κ3) is 4.07. The molecule has 2 aromatic carbocycles. The average molecular weight is 321 g/mol. The molecule has 0 spiro atoms. The highest BCUT2D eigenvalue weighted by molar-refractivity contribution is 6.30. The molecule has 1 aliphatic heterocycles. The van der Waals surface area contributed by atoms with E-state index in [0.717, 1.165) is 49.9 Å². The van der Waals surface area contributed by atoms with Gasteiger partial charge in [-0.15, -0.1) is 0 Å². The number of piperazine rings is 1. The van der Waals surface area contributed by atoms with E-state index in [-0.39, 0.29) is 5.82 Å². The van der Waals surface area contributed by atoms with Gasteiger partial charge in [0.05, 0.1) is 0 Å². The van der Waals surface area contributed by atoms with Gasteiger partial charge in [0, 0.05) is 16.1 Å². The predicted octanol–water partition coefficient (Wildman–Crippen LogP) is 0.963. The molecule has 1 fully saturated rings. The Morgan fingerprint density at radius 2 is 1.41 bits per heavy atom. The monoisotopic (exact) mass is 320 g/mol. The smallest absolute Gasteiger partial charge is 0.132 e. The van der Waals surface area contributed by atoms with E-state index in [1.807, 2.05) is 24.3 Å². The number of rotatable bonds is 4. The van der Waals surface area contributed by atoms with Crippen molar-refractivity contribution >= 4 is 11.6 Å². The van der Waals surface area contributed by atoms with Gasteiger partial charge in [0.2, 0.25) is 0 Å². The zero-order chi connectivity index (χ0) is 15.4. The van der Waals surface area contributed by atoms with Crippen LogP contribution in [0.15, 0.2) is 48.5 Å². The summed E-state index contributed by atoms with van der Waals surface area (Å²) in [5.74, 6) is -0.0778. The largest absolute Gasteiger partial charge is 0.322 e. The first-order valence-electron chi connectivity index (χ1n) is 7.86. The number of halogens is 2. The SMILES string of the molecule is Fc1ccccc1C[NH+]1CC[NH+](Cc2ccc(Cl)cc2)CC1. The molecule has 1 heterocycles. The van der Waals surface area contributed by atoms with Crippen LogP contribution in [0.4, 0.5) is 4.39 Å². The number of hydrogen-bond donors (Lipinski definition) is 2. The topological polar surface area (TPSA) is 8.88 Å². The zero-order valence-electron chi connectivity index (χ0n) is 12.6. The van der Waals surface area contributed by atoms with Crippen molar-refractivity contribution in [1.29, 1.82) is 0 Å². The van der Waals surface area contributed by atoms with Gasteiger partial charge in [0.1, 0.15) is 45.1 Å². The zero-order valence-corrected chi connectivity index (χ0v) is 13.4. The summed E-state index contributed by atoms with van der Waals surface area (Å²) < 4.78 is 13.7. The van der Waals surface area contributed by atoms with Crippen LogP contribution in [0.1, 0.15) is 11.1 Å². The summed E-state index contributed by atoms with van der Waals surface area (Å²) in [6, 6.07) is 15.2. The van der Waals surface area contributed by atoms with Crippen molar-refractivity contribution in [2.24, 2.45) is 0 Å². The normalized spacial score (nSPS) is 21.7. The summed E-state index contributed by atoms with van der Waals surface area (Å²) in [5.41, 5.74) is 2.16. The maximum atomic E-state index is 13.7. The maximum absolute atomic E-state index is 13.7. The number of hydrogen-bond acceptors (Lipinski definition) is 0. The van der Waals surface area contributed by atoms with Crippen molar-refractivity contribution < 1.29 is 14.2 Å². The summed E-state index contributed by atoms with van der Waals surface area (Å²) in [6.45, 7) is 6.29. The lowest BCUT2D eigenvalue weighted by Crippen LogP contribution is -3.27. The Morgan fingerprint density at radius 1 is 0.818 bits per heavy atom. The Labute approximate surface area is 136 Å². The van der Waals surface area contributed by atoms with E-state index in [0.29, 0.717) is 0 Å². The number of nitrogens with one attached hydrogen (secondary N) is 2. The van der Waals surface area contributed by atoms with E-state index in [4.69, 9.17) is 11.6 Å². The molecule has 0 aromatic heterocycles. The number of quaternary nitrogens is 2. The molecule has 22 heavy (non-hydrogen) atoms. The van der Waals surface area contributed by atoms with Crippen molar-refractivity contribution in [3.63, 3.8) is 0 Å². The Morgan fingerprint density at radius 3 is 2.05 bits per heavy atom. The summed E-state index contributed by atoms with van der Waals surface area (Å²) in [6.07, 6.45) is 0. The Hall–Kier alpha value is -1.42. The van der Waals surface area contributed by atoms with Gasteiger partial charge in [0.15, 0.2) is 0 Å². The minimum atomic E-state index is -0.0778. The highest BCUT2D eigenvalue weighted by Gasteiger charge is 2.23. The lowest BCUT2D eigenvalue weighted by molar-refractivity contribution is -1.02. The van der Waals surface area contributed by atoms with Crippen LogP contribution in [0, 0.1) is 5.82 Å². The average Bonchev–Trinajstić information content (AvgIpc) is 2.54. The first-order chi connectivity index (χ1) is 10.7. The molecule has 0 aliphatic carbocycles. The first kappa shape index (κ1) is 15.5. The van der Waals surface area contributed by atoms with Crippen LogP contribution in [0.2, 0.25) is 5.02 Å². The van der Waals surface area contributed by atoms with Crippen LogP contribution in [-0.4, -0.2) is 26.2 Å². The second-order valence-electron chi connectivity index (χ2n) is 6.07. The van der Waals surface area contributed by atoms with Crippen LogP contribution < -0.4 is 9.80 Å². The lowest BCUT2D eigenvalue weighted by Gasteiger charge is -2.29. The fraction of sp³-hybridized carbons (Fsp3) is 0.333. The third-order valence-corrected chi connectivity index (χ3v) is 4.68. The number of benzene rings is 2. The second-order valence-corrected chi connectivity index (χ2v) is 6.51. The maximum Gasteiger partial charge on any atom is 0.132 e. The molecule has 2 nitrogen and oxygen atoms in total. The van der Waals surface area contributed by atoms with Gasteiger partial charge in [-0.3, -0.25) is 0 Å². The van der Waals surface area contributed by atoms with Crippen LogP contribution in [0.25, 0.3) is 0 Å². The van der Waals surface area contributed by atoms with Gasteiger partial charge in [-0.1, -0.05) is 41.9 Å². The minimum absolute atomic E-state index is 0.0778. The summed E-state index contributed by atoms with van der Waals surface area (Å²) >= 11 is 5.92. The molecule has 0 saturated carbocycles. The Kier molecular flexibility index (Phi) is 5.08. The molecule has 2 aromatic rings. The van der Waals surface area contributed by atoms with E-state index < -0.39 is 0 Å². The van der Waals surface area contributed by atoms with Crippen molar-refractivity contribution in [1.82, 2.24) is 0 Å². The third-order valence-electron chi connectivity index (χ3n) is 4.43. The summed E-state index contributed by atoms with van der Waals surface area (Å²) in [7, 11) is 0.